The lowest BCUT2D eigenvalue weighted by molar-refractivity contribution is -0.130. The molecule has 0 spiro atoms. The molecule has 1 aliphatic heterocycles. The Hall–Kier alpha value is -2.80. The molecule has 27 heavy (non-hydrogen) atoms. The van der Waals surface area contributed by atoms with E-state index in [9.17, 15) is 14.4 Å². The van der Waals surface area contributed by atoms with Gasteiger partial charge in [-0.1, -0.05) is 18.2 Å². The summed E-state index contributed by atoms with van der Waals surface area (Å²) in [5, 5.41) is 11.8. The summed E-state index contributed by atoms with van der Waals surface area (Å²) in [5.41, 5.74) is 1.82. The van der Waals surface area contributed by atoms with Crippen LogP contribution in [0.2, 0.25) is 0 Å². The van der Waals surface area contributed by atoms with Crippen LogP contribution in [0.5, 0.6) is 0 Å². The molecule has 6 nitrogen and oxygen atoms in total. The van der Waals surface area contributed by atoms with Crippen LogP contribution in [-0.4, -0.2) is 52.4 Å². The summed E-state index contributed by atoms with van der Waals surface area (Å²) >= 11 is 1.86. The van der Waals surface area contributed by atoms with Crippen LogP contribution in [0.3, 0.4) is 0 Å². The smallest absolute Gasteiger partial charge is 0.335 e. The predicted molar refractivity (Wildman–Crippen MR) is 105 cm³/mol. The minimum Gasteiger partial charge on any atom is -0.478 e. The number of benzene rings is 2. The van der Waals surface area contributed by atoms with Crippen LogP contribution >= 0.6 is 11.8 Å². The van der Waals surface area contributed by atoms with Crippen LogP contribution < -0.4 is 5.32 Å². The van der Waals surface area contributed by atoms with Gasteiger partial charge in [-0.05, 0) is 35.9 Å². The molecule has 0 unspecified atom stereocenters. The Labute approximate surface area is 161 Å². The molecule has 0 aliphatic carbocycles. The van der Waals surface area contributed by atoms with Crippen molar-refractivity contribution in [2.75, 3.05) is 29.9 Å². The number of amides is 2. The van der Waals surface area contributed by atoms with Crippen molar-refractivity contribution in [2.24, 2.45) is 0 Å². The van der Waals surface area contributed by atoms with E-state index in [0.717, 1.165) is 30.2 Å². The minimum atomic E-state index is -1.08. The molecule has 1 aliphatic rings. The van der Waals surface area contributed by atoms with Gasteiger partial charge in [0.15, 0.2) is 0 Å². The zero-order chi connectivity index (χ0) is 19.2. The number of thioether (sulfide) groups is 1. The lowest BCUT2D eigenvalue weighted by Crippen LogP contribution is -2.38. The Morgan fingerprint density at radius 1 is 1.00 bits per heavy atom. The monoisotopic (exact) mass is 384 g/mol. The topological polar surface area (TPSA) is 86.7 Å². The zero-order valence-corrected chi connectivity index (χ0v) is 15.5. The molecule has 2 aromatic carbocycles. The number of carbonyl (C=O) groups excluding carboxylic acids is 2. The first kappa shape index (κ1) is 19.0. The van der Waals surface area contributed by atoms with E-state index in [2.05, 4.69) is 5.32 Å². The summed E-state index contributed by atoms with van der Waals surface area (Å²) in [6.07, 6.45) is 0.347. The van der Waals surface area contributed by atoms with Crippen molar-refractivity contribution in [1.82, 2.24) is 4.90 Å². The predicted octanol–water partition coefficient (Wildman–Crippen LogP) is 2.76. The van der Waals surface area contributed by atoms with Gasteiger partial charge >= 0.3 is 5.97 Å². The number of hydrogen-bond donors (Lipinski definition) is 2. The Bertz CT molecular complexity index is 845. The van der Waals surface area contributed by atoms with E-state index in [1.165, 1.54) is 18.2 Å². The lowest BCUT2D eigenvalue weighted by Gasteiger charge is -2.26. The molecular weight excluding hydrogens is 364 g/mol. The molecule has 140 valence electrons. The Balaban J connectivity index is 1.60. The van der Waals surface area contributed by atoms with E-state index in [1.807, 2.05) is 28.8 Å². The highest BCUT2D eigenvalue weighted by Crippen LogP contribution is 2.15. The highest BCUT2D eigenvalue weighted by Gasteiger charge is 2.17. The summed E-state index contributed by atoms with van der Waals surface area (Å²) in [7, 11) is 0. The molecule has 2 aromatic rings. The van der Waals surface area contributed by atoms with Gasteiger partial charge in [0, 0.05) is 35.8 Å². The first-order valence-corrected chi connectivity index (χ1v) is 9.77. The quantitative estimate of drug-likeness (QED) is 0.828. The number of carboxylic acids is 1. The van der Waals surface area contributed by atoms with Gasteiger partial charge in [-0.15, -0.1) is 0 Å². The zero-order valence-electron chi connectivity index (χ0n) is 14.7. The first-order valence-electron chi connectivity index (χ1n) is 8.62. The highest BCUT2D eigenvalue weighted by atomic mass is 32.2. The summed E-state index contributed by atoms with van der Waals surface area (Å²) in [5.74, 6) is 0.635. The number of carboxylic acid groups (broad SMARTS) is 1. The van der Waals surface area contributed by atoms with Crippen molar-refractivity contribution < 1.29 is 19.5 Å². The number of rotatable bonds is 5. The maximum atomic E-state index is 12.3. The molecule has 7 heteroatoms. The Morgan fingerprint density at radius 3 is 2.33 bits per heavy atom. The second-order valence-corrected chi connectivity index (χ2v) is 7.43. The number of aromatic carboxylic acids is 1. The SMILES string of the molecule is O=C(O)c1cccc(C(=O)Nc2ccc(CC(=O)N3CCSCC3)cc2)c1. The van der Waals surface area contributed by atoms with Crippen LogP contribution in [0.15, 0.2) is 48.5 Å². The van der Waals surface area contributed by atoms with Crippen molar-refractivity contribution in [3.63, 3.8) is 0 Å². The van der Waals surface area contributed by atoms with E-state index >= 15 is 0 Å². The summed E-state index contributed by atoms with van der Waals surface area (Å²) in [6.45, 7) is 1.60. The standard InChI is InChI=1S/C20H20N2O4S/c23-18(22-8-10-27-11-9-22)12-14-4-6-17(7-5-14)21-19(24)15-2-1-3-16(13-15)20(25)26/h1-7,13H,8-12H2,(H,21,24)(H,25,26). The van der Waals surface area contributed by atoms with Crippen LogP contribution in [0.1, 0.15) is 26.3 Å². The third-order valence-corrected chi connectivity index (χ3v) is 5.25. The van der Waals surface area contributed by atoms with Gasteiger partial charge in [-0.3, -0.25) is 9.59 Å². The molecule has 0 atom stereocenters. The van der Waals surface area contributed by atoms with E-state index in [1.54, 1.807) is 18.2 Å². The summed E-state index contributed by atoms with van der Waals surface area (Å²) < 4.78 is 0. The molecule has 0 radical (unpaired) electrons. The largest absolute Gasteiger partial charge is 0.478 e. The number of hydrogen-bond acceptors (Lipinski definition) is 4. The molecule has 0 saturated carbocycles. The van der Waals surface area contributed by atoms with E-state index in [4.69, 9.17) is 5.11 Å². The van der Waals surface area contributed by atoms with E-state index < -0.39 is 5.97 Å². The average Bonchev–Trinajstić information content (AvgIpc) is 2.70. The fourth-order valence-corrected chi connectivity index (χ4v) is 3.70. The van der Waals surface area contributed by atoms with Crippen molar-refractivity contribution in [2.45, 2.75) is 6.42 Å². The molecule has 2 N–H and O–H groups in total. The molecular formula is C20H20N2O4S. The molecule has 1 heterocycles. The molecule has 0 bridgehead atoms. The molecule has 3 rings (SSSR count). The van der Waals surface area contributed by atoms with E-state index in [-0.39, 0.29) is 22.9 Å². The molecule has 2 amide bonds. The van der Waals surface area contributed by atoms with Crippen LogP contribution in [-0.2, 0) is 11.2 Å². The summed E-state index contributed by atoms with van der Waals surface area (Å²) in [4.78, 5) is 37.5. The number of carbonyl (C=O) groups is 3. The fourth-order valence-electron chi connectivity index (χ4n) is 2.80. The van der Waals surface area contributed by atoms with Crippen molar-refractivity contribution >= 4 is 35.2 Å². The van der Waals surface area contributed by atoms with Gasteiger partial charge in [0.2, 0.25) is 5.91 Å². The number of anilines is 1. The van der Waals surface area contributed by atoms with Crippen molar-refractivity contribution in [1.29, 1.82) is 0 Å². The van der Waals surface area contributed by atoms with Gasteiger partial charge in [0.25, 0.3) is 5.91 Å². The van der Waals surface area contributed by atoms with Crippen LogP contribution in [0.25, 0.3) is 0 Å². The fraction of sp³-hybridized carbons (Fsp3) is 0.250. The lowest BCUT2D eigenvalue weighted by atomic mass is 10.1. The van der Waals surface area contributed by atoms with Gasteiger partial charge < -0.3 is 15.3 Å². The third-order valence-electron chi connectivity index (χ3n) is 4.30. The Morgan fingerprint density at radius 2 is 1.67 bits per heavy atom. The first-order chi connectivity index (χ1) is 13.0. The van der Waals surface area contributed by atoms with Crippen molar-refractivity contribution in [3.8, 4) is 0 Å². The number of nitrogens with one attached hydrogen (secondary N) is 1. The average molecular weight is 384 g/mol. The normalized spacial score (nSPS) is 13.9. The van der Waals surface area contributed by atoms with Gasteiger partial charge in [-0.25, -0.2) is 4.79 Å². The van der Waals surface area contributed by atoms with Gasteiger partial charge in [-0.2, -0.15) is 11.8 Å². The maximum Gasteiger partial charge on any atom is 0.335 e. The van der Waals surface area contributed by atoms with Gasteiger partial charge in [0.05, 0.1) is 12.0 Å². The second-order valence-electron chi connectivity index (χ2n) is 6.21. The highest BCUT2D eigenvalue weighted by molar-refractivity contribution is 7.99. The summed E-state index contributed by atoms with van der Waals surface area (Å²) in [6, 6.07) is 13.0. The molecule has 0 aromatic heterocycles. The second kappa shape index (κ2) is 8.73. The molecule has 1 fully saturated rings. The van der Waals surface area contributed by atoms with E-state index in [0.29, 0.717) is 12.1 Å². The number of nitrogens with zero attached hydrogens (tertiary/aromatic N) is 1. The Kier molecular flexibility index (Phi) is 6.13. The maximum absolute atomic E-state index is 12.3. The van der Waals surface area contributed by atoms with Gasteiger partial charge in [0.1, 0.15) is 0 Å². The third kappa shape index (κ3) is 5.10. The van der Waals surface area contributed by atoms with Crippen LogP contribution in [0.4, 0.5) is 5.69 Å². The van der Waals surface area contributed by atoms with Crippen LogP contribution in [0, 0.1) is 0 Å². The molecule has 1 saturated heterocycles. The van der Waals surface area contributed by atoms with Crippen molar-refractivity contribution in [3.05, 3.63) is 65.2 Å². The minimum absolute atomic E-state index is 0.0626.